The quantitative estimate of drug-likeness (QED) is 0.691. The number of hydrogen-bond donors (Lipinski definition) is 1. The molecule has 0 amide bonds. The Balaban J connectivity index is 3.06. The molecule has 0 aliphatic carbocycles. The molecule has 1 aromatic carbocycles. The highest BCUT2D eigenvalue weighted by Crippen LogP contribution is 2.22. The van der Waals surface area contributed by atoms with Gasteiger partial charge >= 0.3 is 0 Å². The summed E-state index contributed by atoms with van der Waals surface area (Å²) < 4.78 is 4.94. The molecule has 1 aromatic rings. The van der Waals surface area contributed by atoms with Crippen LogP contribution >= 0.6 is 0 Å². The number of aromatic hydroxyl groups is 1. The largest absolute Gasteiger partial charge is 0.508 e. The van der Waals surface area contributed by atoms with Crippen LogP contribution in [0.15, 0.2) is 18.2 Å². The lowest BCUT2D eigenvalue weighted by atomic mass is 10.2. The van der Waals surface area contributed by atoms with Gasteiger partial charge in [0.15, 0.2) is 0 Å². The van der Waals surface area contributed by atoms with Crippen LogP contribution < -0.4 is 10.5 Å². The number of benzene rings is 1. The third-order valence-corrected chi connectivity index (χ3v) is 1.46. The van der Waals surface area contributed by atoms with Crippen LogP contribution in [0, 0.1) is 0 Å². The molecule has 3 heteroatoms. The smallest absolute Gasteiger partial charge is 0.127 e. The van der Waals surface area contributed by atoms with Crippen LogP contribution in [0.3, 0.4) is 0 Å². The molecule has 0 aliphatic heterocycles. The highest BCUT2D eigenvalue weighted by molar-refractivity contribution is 5.39. The fourth-order valence-corrected chi connectivity index (χ4v) is 0.879. The number of nitrogens with one attached hydrogen (secondary N) is 1. The number of rotatable bonds is 2. The van der Waals surface area contributed by atoms with Gasteiger partial charge in [-0.25, -0.2) is 0 Å². The molecule has 0 bridgehead atoms. The zero-order chi connectivity index (χ0) is 8.27. The van der Waals surface area contributed by atoms with Gasteiger partial charge < -0.3 is 9.84 Å². The minimum Gasteiger partial charge on any atom is -0.508 e. The van der Waals surface area contributed by atoms with Gasteiger partial charge in [-0.15, -0.1) is 0 Å². The predicted molar refractivity (Wildman–Crippen MR) is 41.5 cm³/mol. The Labute approximate surface area is 65.4 Å². The van der Waals surface area contributed by atoms with Gasteiger partial charge in [0, 0.05) is 18.2 Å². The summed E-state index contributed by atoms with van der Waals surface area (Å²) in [5.74, 6) is 0.735. The van der Waals surface area contributed by atoms with Crippen LogP contribution in [-0.2, 0) is 6.54 Å². The number of methoxy groups -OCH3 is 1. The molecular formula is C8H10NO2. The summed E-state index contributed by atoms with van der Waals surface area (Å²) >= 11 is 0. The van der Waals surface area contributed by atoms with E-state index in [0.29, 0.717) is 5.75 Å². The summed E-state index contributed by atoms with van der Waals surface area (Å²) in [5, 5.41) is 9.02. The Hall–Kier alpha value is -1.22. The molecule has 2 N–H and O–H groups in total. The second-order valence-corrected chi connectivity index (χ2v) is 2.17. The van der Waals surface area contributed by atoms with Crippen molar-refractivity contribution in [1.82, 2.24) is 5.73 Å². The molecule has 1 radical (unpaired) electrons. The minimum absolute atomic E-state index is 0.166. The number of hydrogen-bond acceptors (Lipinski definition) is 2. The van der Waals surface area contributed by atoms with Crippen LogP contribution in [0.1, 0.15) is 5.56 Å². The van der Waals surface area contributed by atoms with Crippen molar-refractivity contribution < 1.29 is 9.84 Å². The van der Waals surface area contributed by atoms with Gasteiger partial charge in [0.05, 0.1) is 7.11 Å². The van der Waals surface area contributed by atoms with E-state index in [4.69, 9.17) is 15.6 Å². The Morgan fingerprint density at radius 1 is 1.55 bits per heavy atom. The highest BCUT2D eigenvalue weighted by atomic mass is 16.5. The van der Waals surface area contributed by atoms with E-state index < -0.39 is 0 Å². The zero-order valence-corrected chi connectivity index (χ0v) is 6.29. The van der Waals surface area contributed by atoms with Gasteiger partial charge in [-0.3, -0.25) is 5.73 Å². The summed E-state index contributed by atoms with van der Waals surface area (Å²) in [6, 6.07) is 4.73. The van der Waals surface area contributed by atoms with E-state index >= 15 is 0 Å². The molecule has 3 nitrogen and oxygen atoms in total. The van der Waals surface area contributed by atoms with Crippen molar-refractivity contribution in [3.63, 3.8) is 0 Å². The van der Waals surface area contributed by atoms with Crippen molar-refractivity contribution in [2.45, 2.75) is 6.54 Å². The first-order chi connectivity index (χ1) is 5.27. The molecular weight excluding hydrogens is 142 g/mol. The molecule has 0 atom stereocenters. The lowest BCUT2D eigenvalue weighted by molar-refractivity contribution is 0.402. The Bertz CT molecular complexity index is 248. The summed E-state index contributed by atoms with van der Waals surface area (Å²) in [4.78, 5) is 0. The first-order valence-corrected chi connectivity index (χ1v) is 3.28. The van der Waals surface area contributed by atoms with E-state index in [1.807, 2.05) is 0 Å². The van der Waals surface area contributed by atoms with E-state index in [0.717, 1.165) is 5.56 Å². The third kappa shape index (κ3) is 1.62. The van der Waals surface area contributed by atoms with Crippen LogP contribution in [0.5, 0.6) is 11.5 Å². The molecule has 0 aromatic heterocycles. The van der Waals surface area contributed by atoms with E-state index in [1.54, 1.807) is 12.1 Å². The third-order valence-electron chi connectivity index (χ3n) is 1.46. The molecule has 0 spiro atoms. The fourth-order valence-electron chi connectivity index (χ4n) is 0.879. The summed E-state index contributed by atoms with van der Waals surface area (Å²) in [5.41, 5.74) is 7.88. The van der Waals surface area contributed by atoms with Crippen LogP contribution in [0.25, 0.3) is 0 Å². The van der Waals surface area contributed by atoms with E-state index in [2.05, 4.69) is 0 Å². The standard InChI is InChI=1S/C8H10NO2/c1-11-8-4-7(10)3-2-6(8)5-9/h2-4,9-10H,5H2,1H3. The molecule has 0 saturated heterocycles. The van der Waals surface area contributed by atoms with Gasteiger partial charge in [0.2, 0.25) is 0 Å². The summed E-state index contributed by atoms with van der Waals surface area (Å²) in [6.07, 6.45) is 0. The number of phenolic OH excluding ortho intramolecular Hbond substituents is 1. The number of phenols is 1. The van der Waals surface area contributed by atoms with Crippen molar-refractivity contribution in [3.05, 3.63) is 23.8 Å². The molecule has 0 unspecified atom stereocenters. The maximum atomic E-state index is 9.02. The van der Waals surface area contributed by atoms with Gasteiger partial charge in [-0.2, -0.15) is 0 Å². The highest BCUT2D eigenvalue weighted by Gasteiger charge is 2.00. The Morgan fingerprint density at radius 2 is 2.27 bits per heavy atom. The first kappa shape index (κ1) is 7.88. The molecule has 0 heterocycles. The second kappa shape index (κ2) is 3.25. The van der Waals surface area contributed by atoms with Gasteiger partial charge in [-0.05, 0) is 6.07 Å². The van der Waals surface area contributed by atoms with Crippen molar-refractivity contribution in [3.8, 4) is 11.5 Å². The Morgan fingerprint density at radius 3 is 2.82 bits per heavy atom. The first-order valence-electron chi connectivity index (χ1n) is 3.28. The molecule has 59 valence electrons. The fraction of sp³-hybridized carbons (Fsp3) is 0.250. The maximum absolute atomic E-state index is 9.02. The molecule has 1 rings (SSSR count). The van der Waals surface area contributed by atoms with Crippen molar-refractivity contribution >= 4 is 0 Å². The van der Waals surface area contributed by atoms with Gasteiger partial charge in [0.1, 0.15) is 11.5 Å². The minimum atomic E-state index is 0.166. The summed E-state index contributed by atoms with van der Waals surface area (Å²) in [6.45, 7) is 0.170. The topological polar surface area (TPSA) is 53.3 Å². The van der Waals surface area contributed by atoms with E-state index in [-0.39, 0.29) is 12.3 Å². The SMILES string of the molecule is COc1cc(O)ccc1C[NH]. The summed E-state index contributed by atoms with van der Waals surface area (Å²) in [7, 11) is 1.52. The molecule has 0 fully saturated rings. The molecule has 0 saturated carbocycles. The lowest BCUT2D eigenvalue weighted by Gasteiger charge is -2.05. The van der Waals surface area contributed by atoms with Crippen molar-refractivity contribution in [2.24, 2.45) is 0 Å². The second-order valence-electron chi connectivity index (χ2n) is 2.17. The van der Waals surface area contributed by atoms with E-state index in [9.17, 15) is 0 Å². The average molecular weight is 152 g/mol. The van der Waals surface area contributed by atoms with Gasteiger partial charge in [0.25, 0.3) is 0 Å². The van der Waals surface area contributed by atoms with Crippen molar-refractivity contribution in [1.29, 1.82) is 0 Å². The normalized spacial score (nSPS) is 9.64. The van der Waals surface area contributed by atoms with Crippen LogP contribution in [-0.4, -0.2) is 12.2 Å². The van der Waals surface area contributed by atoms with Crippen LogP contribution in [0.4, 0.5) is 0 Å². The van der Waals surface area contributed by atoms with E-state index in [1.165, 1.54) is 13.2 Å². The van der Waals surface area contributed by atoms with Gasteiger partial charge in [-0.1, -0.05) is 6.07 Å². The lowest BCUT2D eigenvalue weighted by Crippen LogP contribution is -1.91. The number of ether oxygens (including phenoxy) is 1. The monoisotopic (exact) mass is 152 g/mol. The zero-order valence-electron chi connectivity index (χ0n) is 6.29. The van der Waals surface area contributed by atoms with Crippen LogP contribution in [0.2, 0.25) is 0 Å². The predicted octanol–water partition coefficient (Wildman–Crippen LogP) is 1.18. The molecule has 0 aliphatic rings. The average Bonchev–Trinajstić information content (AvgIpc) is 2.04. The molecule has 11 heavy (non-hydrogen) atoms. The van der Waals surface area contributed by atoms with Crippen molar-refractivity contribution in [2.75, 3.05) is 7.11 Å². The Kier molecular flexibility index (Phi) is 2.33. The maximum Gasteiger partial charge on any atom is 0.127 e.